The largest absolute Gasteiger partial charge is 0.375 e. The van der Waals surface area contributed by atoms with Crippen LogP contribution in [0.2, 0.25) is 0 Å². The van der Waals surface area contributed by atoms with Crippen molar-refractivity contribution in [2.45, 2.75) is 103 Å². The van der Waals surface area contributed by atoms with E-state index in [2.05, 4.69) is 6.58 Å². The number of ether oxygens (including phenoxy) is 2. The van der Waals surface area contributed by atoms with Crippen LogP contribution in [0.3, 0.4) is 0 Å². The summed E-state index contributed by atoms with van der Waals surface area (Å²) in [5.74, 6) is -2.37. The second-order valence-corrected chi connectivity index (χ2v) is 10.2. The summed E-state index contributed by atoms with van der Waals surface area (Å²) < 4.78 is 11.9. The smallest absolute Gasteiger partial charge is 0.333 e. The Hall–Kier alpha value is -2.79. The minimum atomic E-state index is -0.621. The number of carbonyl (C=O) groups excluding carboxylic acids is 5. The molecular weight excluding hydrogens is 472 g/mol. The van der Waals surface area contributed by atoms with Crippen LogP contribution in [0.1, 0.15) is 91.9 Å². The van der Waals surface area contributed by atoms with Crippen LogP contribution in [0.25, 0.3) is 0 Å². The van der Waals surface area contributed by atoms with E-state index in [1.54, 1.807) is 0 Å². The van der Waals surface area contributed by atoms with Crippen molar-refractivity contribution in [1.82, 2.24) is 10.1 Å². The van der Waals surface area contributed by atoms with Gasteiger partial charge in [0.2, 0.25) is 0 Å². The Morgan fingerprint density at radius 2 is 1.19 bits per heavy atom. The molecule has 3 amide bonds. The molecule has 0 N–H and O–H groups in total. The van der Waals surface area contributed by atoms with Gasteiger partial charge in [-0.3, -0.25) is 14.4 Å². The maximum atomic E-state index is 11.9. The summed E-state index contributed by atoms with van der Waals surface area (Å²) in [5.41, 5.74) is -0.475. The molecule has 0 aromatic rings. The highest BCUT2D eigenvalue weighted by Crippen LogP contribution is 2.23. The van der Waals surface area contributed by atoms with E-state index < -0.39 is 35.0 Å². The lowest BCUT2D eigenvalue weighted by Gasteiger charge is -2.30. The molecule has 2 aliphatic heterocycles. The zero-order valence-electron chi connectivity index (χ0n) is 21.8. The van der Waals surface area contributed by atoms with Gasteiger partial charge in [0.25, 0.3) is 17.7 Å². The Morgan fingerprint density at radius 1 is 0.722 bits per heavy atom. The first-order chi connectivity index (χ1) is 16.8. The summed E-state index contributed by atoms with van der Waals surface area (Å²) in [6, 6.07) is 0. The second-order valence-electron chi connectivity index (χ2n) is 10.2. The fraction of sp³-hybridized carbons (Fsp3) is 0.720. The van der Waals surface area contributed by atoms with Crippen molar-refractivity contribution in [3.05, 3.63) is 12.3 Å². The lowest BCUT2D eigenvalue weighted by molar-refractivity contribution is -0.197. The molecule has 2 saturated heterocycles. The minimum Gasteiger partial charge on any atom is -0.375 e. The zero-order valence-corrected chi connectivity index (χ0v) is 21.8. The highest BCUT2D eigenvalue weighted by Gasteiger charge is 2.33. The quantitative estimate of drug-likeness (QED) is 0.241. The van der Waals surface area contributed by atoms with Gasteiger partial charge in [0.05, 0.1) is 29.9 Å². The van der Waals surface area contributed by atoms with Crippen molar-refractivity contribution in [3.63, 3.8) is 0 Å². The van der Waals surface area contributed by atoms with Crippen LogP contribution in [0.15, 0.2) is 12.3 Å². The van der Waals surface area contributed by atoms with E-state index in [0.29, 0.717) is 62.5 Å². The summed E-state index contributed by atoms with van der Waals surface area (Å²) in [7, 11) is 0. The first-order valence-electron chi connectivity index (χ1n) is 12.4. The van der Waals surface area contributed by atoms with Gasteiger partial charge >= 0.3 is 11.9 Å². The van der Waals surface area contributed by atoms with Gasteiger partial charge < -0.3 is 19.1 Å². The molecule has 0 saturated carbocycles. The number of amides is 3. The number of hydrogen-bond acceptors (Lipinski definition) is 9. The van der Waals surface area contributed by atoms with E-state index in [1.165, 1.54) is 0 Å². The van der Waals surface area contributed by atoms with Crippen molar-refractivity contribution >= 4 is 29.7 Å². The molecule has 11 nitrogen and oxygen atoms in total. The average molecular weight is 511 g/mol. The van der Waals surface area contributed by atoms with Crippen molar-refractivity contribution in [2.75, 3.05) is 13.2 Å². The van der Waals surface area contributed by atoms with Crippen LogP contribution >= 0.6 is 0 Å². The Labute approximate surface area is 211 Å². The third-order valence-electron chi connectivity index (χ3n) is 5.91. The van der Waals surface area contributed by atoms with Gasteiger partial charge in [0, 0.05) is 32.3 Å². The molecule has 0 spiro atoms. The SMILES string of the molecule is C=C1CCC(=O)N1OC(=O)CCCOC(C)(C)CCOC(C)(C)CCCC(=O)ON1C(=O)CCC1=O. The number of rotatable bonds is 15. The first-order valence-corrected chi connectivity index (χ1v) is 12.4. The summed E-state index contributed by atoms with van der Waals surface area (Å²) in [6.07, 6.45) is 3.26. The fourth-order valence-corrected chi connectivity index (χ4v) is 3.64. The first kappa shape index (κ1) is 29.4. The Kier molecular flexibility index (Phi) is 10.6. The molecule has 0 unspecified atom stereocenters. The second kappa shape index (κ2) is 13.0. The molecule has 0 aliphatic carbocycles. The zero-order chi connectivity index (χ0) is 26.9. The van der Waals surface area contributed by atoms with Crippen molar-refractivity contribution < 1.29 is 43.1 Å². The van der Waals surface area contributed by atoms with Crippen LogP contribution in [-0.4, -0.2) is 64.2 Å². The van der Waals surface area contributed by atoms with E-state index >= 15 is 0 Å². The Morgan fingerprint density at radius 3 is 1.78 bits per heavy atom. The molecule has 202 valence electrons. The number of carbonyl (C=O) groups is 5. The topological polar surface area (TPSA) is 129 Å². The Balaban J connectivity index is 1.57. The van der Waals surface area contributed by atoms with Crippen molar-refractivity contribution in [1.29, 1.82) is 0 Å². The van der Waals surface area contributed by atoms with Crippen molar-refractivity contribution in [2.24, 2.45) is 0 Å². The van der Waals surface area contributed by atoms with E-state index in [4.69, 9.17) is 19.1 Å². The number of nitrogens with zero attached hydrogens (tertiary/aromatic N) is 2. The third kappa shape index (κ3) is 9.69. The molecule has 2 heterocycles. The summed E-state index contributed by atoms with van der Waals surface area (Å²) in [5, 5.41) is 1.53. The highest BCUT2D eigenvalue weighted by molar-refractivity contribution is 6.01. The van der Waals surface area contributed by atoms with Gasteiger partial charge in [-0.05, 0) is 59.8 Å². The summed E-state index contributed by atoms with van der Waals surface area (Å²) in [4.78, 5) is 68.5. The van der Waals surface area contributed by atoms with E-state index in [1.807, 2.05) is 27.7 Å². The molecule has 2 rings (SSSR count). The van der Waals surface area contributed by atoms with Crippen LogP contribution in [0.5, 0.6) is 0 Å². The summed E-state index contributed by atoms with van der Waals surface area (Å²) >= 11 is 0. The van der Waals surface area contributed by atoms with Gasteiger partial charge in [0.1, 0.15) is 0 Å². The van der Waals surface area contributed by atoms with E-state index in [-0.39, 0.29) is 31.6 Å². The number of allylic oxidation sites excluding steroid dienone is 1. The van der Waals surface area contributed by atoms with Crippen LogP contribution < -0.4 is 0 Å². The maximum absolute atomic E-state index is 11.9. The van der Waals surface area contributed by atoms with Gasteiger partial charge in [-0.25, -0.2) is 9.59 Å². The number of hydrogen-bond donors (Lipinski definition) is 0. The van der Waals surface area contributed by atoms with Crippen LogP contribution in [-0.2, 0) is 43.1 Å². The predicted octanol–water partition coefficient (Wildman–Crippen LogP) is 3.12. The van der Waals surface area contributed by atoms with Crippen LogP contribution in [0, 0.1) is 0 Å². The van der Waals surface area contributed by atoms with E-state index in [0.717, 1.165) is 5.06 Å². The van der Waals surface area contributed by atoms with E-state index in [9.17, 15) is 24.0 Å². The molecule has 11 heteroatoms. The molecule has 0 bridgehead atoms. The fourth-order valence-electron chi connectivity index (χ4n) is 3.64. The molecule has 0 aromatic heterocycles. The third-order valence-corrected chi connectivity index (χ3v) is 5.91. The lowest BCUT2D eigenvalue weighted by atomic mass is 10.0. The minimum absolute atomic E-state index is 0.0665. The summed E-state index contributed by atoms with van der Waals surface area (Å²) in [6.45, 7) is 12.2. The lowest BCUT2D eigenvalue weighted by Crippen LogP contribution is -2.33. The maximum Gasteiger partial charge on any atom is 0.333 e. The van der Waals surface area contributed by atoms with Gasteiger partial charge in [-0.2, -0.15) is 0 Å². The van der Waals surface area contributed by atoms with Crippen molar-refractivity contribution in [3.8, 4) is 0 Å². The molecule has 0 atom stereocenters. The molecule has 0 radical (unpaired) electrons. The van der Waals surface area contributed by atoms with Gasteiger partial charge in [-0.15, -0.1) is 10.1 Å². The normalized spacial score (nSPS) is 16.8. The number of imide groups is 1. The monoisotopic (exact) mass is 510 g/mol. The molecule has 36 heavy (non-hydrogen) atoms. The van der Waals surface area contributed by atoms with Gasteiger partial charge in [0.15, 0.2) is 0 Å². The standard InChI is InChI=1S/C25H38N2O9/c1-18-10-11-19(28)26(18)35-23(32)9-7-16-33-25(4,5)15-17-34-24(2,3)14-6-8-22(31)36-27-20(29)12-13-21(27)30/h1,6-17H2,2-5H3. The predicted molar refractivity (Wildman–Crippen MR) is 126 cm³/mol. The molecule has 2 aliphatic rings. The van der Waals surface area contributed by atoms with Gasteiger partial charge in [-0.1, -0.05) is 6.58 Å². The molecule has 2 fully saturated rings. The van der Waals surface area contributed by atoms with Crippen LogP contribution in [0.4, 0.5) is 0 Å². The molecule has 0 aromatic carbocycles. The number of hydroxylamine groups is 4. The Bertz CT molecular complexity index is 834. The molecular formula is C25H38N2O9. The average Bonchev–Trinajstić information content (AvgIpc) is 3.26. The highest BCUT2D eigenvalue weighted by atomic mass is 16.7.